The normalized spacial score (nSPS) is 19.2. The average molecular weight is 346 g/mol. The van der Waals surface area contributed by atoms with Gasteiger partial charge < -0.3 is 10.0 Å². The first-order valence-electron chi connectivity index (χ1n) is 8.32. The fourth-order valence-corrected chi connectivity index (χ4v) is 3.92. The molecule has 0 aliphatic carbocycles. The molecule has 0 spiro atoms. The minimum absolute atomic E-state index is 0.0938. The molecule has 1 amide bonds. The number of aliphatic hydroxyl groups is 1. The van der Waals surface area contributed by atoms with Crippen molar-refractivity contribution in [1.29, 1.82) is 0 Å². The van der Waals surface area contributed by atoms with Crippen molar-refractivity contribution < 1.29 is 9.90 Å². The monoisotopic (exact) mass is 346 g/mol. The number of piperidine rings is 1. The van der Waals surface area contributed by atoms with Crippen LogP contribution in [0, 0.1) is 0 Å². The van der Waals surface area contributed by atoms with Crippen molar-refractivity contribution in [2.45, 2.75) is 51.2 Å². The summed E-state index contributed by atoms with van der Waals surface area (Å²) in [6.45, 7) is 2.56. The summed E-state index contributed by atoms with van der Waals surface area (Å²) in [6.07, 6.45) is 8.62. The van der Waals surface area contributed by atoms with Crippen LogP contribution in [0.3, 0.4) is 0 Å². The Morgan fingerprint density at radius 1 is 1.46 bits per heavy atom. The maximum Gasteiger partial charge on any atom is 0.228 e. The van der Waals surface area contributed by atoms with Crippen LogP contribution in [0.25, 0.3) is 10.7 Å². The van der Waals surface area contributed by atoms with Gasteiger partial charge in [-0.05, 0) is 32.6 Å². The number of carbonyl (C=O) groups is 1. The Kier molecular flexibility index (Phi) is 5.52. The topological polar surface area (TPSA) is 79.2 Å². The second kappa shape index (κ2) is 7.81. The van der Waals surface area contributed by atoms with Crippen LogP contribution in [-0.2, 0) is 11.2 Å². The molecule has 0 bridgehead atoms. The number of aliphatic hydroxyl groups excluding tert-OH is 1. The highest BCUT2D eigenvalue weighted by Crippen LogP contribution is 2.24. The summed E-state index contributed by atoms with van der Waals surface area (Å²) in [6, 6.07) is 0.143. The van der Waals surface area contributed by atoms with E-state index in [-0.39, 0.29) is 18.1 Å². The molecule has 0 radical (unpaired) electrons. The maximum absolute atomic E-state index is 12.7. The summed E-state index contributed by atoms with van der Waals surface area (Å²) in [5.74, 6) is 0.0938. The molecule has 1 aliphatic rings. The lowest BCUT2D eigenvalue weighted by Crippen LogP contribution is -2.45. The molecular formula is C17H22N4O2S. The van der Waals surface area contributed by atoms with E-state index in [1.54, 1.807) is 25.5 Å². The summed E-state index contributed by atoms with van der Waals surface area (Å²) in [5.41, 5.74) is 1.50. The summed E-state index contributed by atoms with van der Waals surface area (Å²) >= 11 is 1.48. The number of rotatable bonds is 5. The van der Waals surface area contributed by atoms with Crippen LogP contribution in [0.2, 0.25) is 0 Å². The van der Waals surface area contributed by atoms with E-state index >= 15 is 0 Å². The number of hydrogen-bond acceptors (Lipinski definition) is 6. The Bertz CT molecular complexity index is 674. The molecule has 1 fully saturated rings. The van der Waals surface area contributed by atoms with E-state index in [0.29, 0.717) is 12.8 Å². The van der Waals surface area contributed by atoms with Gasteiger partial charge in [-0.25, -0.2) is 4.98 Å². The van der Waals surface area contributed by atoms with Gasteiger partial charge in [0.2, 0.25) is 5.91 Å². The van der Waals surface area contributed by atoms with Crippen LogP contribution in [0.15, 0.2) is 24.0 Å². The summed E-state index contributed by atoms with van der Waals surface area (Å²) in [4.78, 5) is 27.4. The Morgan fingerprint density at radius 2 is 2.33 bits per heavy atom. The minimum Gasteiger partial charge on any atom is -0.393 e. The molecule has 1 N–H and O–H groups in total. The van der Waals surface area contributed by atoms with Crippen molar-refractivity contribution in [3.63, 3.8) is 0 Å². The Hall–Kier alpha value is -1.86. The molecular weight excluding hydrogens is 324 g/mol. The molecule has 6 nitrogen and oxygen atoms in total. The lowest BCUT2D eigenvalue weighted by molar-refractivity contribution is -0.134. The number of amides is 1. The molecule has 24 heavy (non-hydrogen) atoms. The van der Waals surface area contributed by atoms with Crippen LogP contribution in [-0.4, -0.2) is 49.6 Å². The standard InChI is InChI=1S/C17H22N4O2S/c1-12(22)8-14-4-2-3-7-21(14)16(23)9-13-11-24-17(20-13)15-10-18-5-6-19-15/h5-6,10-12,14,22H,2-4,7-9H2,1H3/t12-,14+/m0/s1. The van der Waals surface area contributed by atoms with E-state index < -0.39 is 0 Å². The summed E-state index contributed by atoms with van der Waals surface area (Å²) < 4.78 is 0. The van der Waals surface area contributed by atoms with Crippen molar-refractivity contribution in [3.05, 3.63) is 29.7 Å². The SMILES string of the molecule is C[C@H](O)C[C@H]1CCCCN1C(=O)Cc1csc(-c2cnccn2)n1. The Morgan fingerprint density at radius 3 is 3.08 bits per heavy atom. The van der Waals surface area contributed by atoms with Gasteiger partial charge >= 0.3 is 0 Å². The fourth-order valence-electron chi connectivity index (χ4n) is 3.14. The highest BCUT2D eigenvalue weighted by Gasteiger charge is 2.28. The van der Waals surface area contributed by atoms with Gasteiger partial charge in [0.15, 0.2) is 0 Å². The largest absolute Gasteiger partial charge is 0.393 e. The first-order chi connectivity index (χ1) is 11.6. The number of nitrogens with zero attached hydrogens (tertiary/aromatic N) is 4. The Balaban J connectivity index is 1.67. The summed E-state index contributed by atoms with van der Waals surface area (Å²) in [5, 5.41) is 12.4. The molecule has 1 aliphatic heterocycles. The fraction of sp³-hybridized carbons (Fsp3) is 0.529. The minimum atomic E-state index is -0.383. The highest BCUT2D eigenvalue weighted by molar-refractivity contribution is 7.13. The van der Waals surface area contributed by atoms with E-state index in [4.69, 9.17) is 0 Å². The zero-order valence-electron chi connectivity index (χ0n) is 13.8. The zero-order chi connectivity index (χ0) is 16.9. The molecule has 0 saturated carbocycles. The van der Waals surface area contributed by atoms with E-state index in [1.165, 1.54) is 11.3 Å². The van der Waals surface area contributed by atoms with Gasteiger partial charge in [0.05, 0.1) is 24.4 Å². The van der Waals surface area contributed by atoms with Gasteiger partial charge in [0.1, 0.15) is 10.7 Å². The molecule has 0 aromatic carbocycles. The second-order valence-corrected chi connectivity index (χ2v) is 7.09. The van der Waals surface area contributed by atoms with E-state index in [1.807, 2.05) is 10.3 Å². The second-order valence-electron chi connectivity index (χ2n) is 6.23. The van der Waals surface area contributed by atoms with Gasteiger partial charge in [-0.3, -0.25) is 14.8 Å². The zero-order valence-corrected chi connectivity index (χ0v) is 14.6. The number of likely N-dealkylation sites (tertiary alicyclic amines) is 1. The number of aromatic nitrogens is 3. The highest BCUT2D eigenvalue weighted by atomic mass is 32.1. The molecule has 2 aromatic heterocycles. The molecule has 2 atom stereocenters. The van der Waals surface area contributed by atoms with Crippen LogP contribution >= 0.6 is 11.3 Å². The van der Waals surface area contributed by atoms with E-state index in [2.05, 4.69) is 15.0 Å². The lowest BCUT2D eigenvalue weighted by atomic mass is 9.96. The molecule has 128 valence electrons. The number of thiazole rings is 1. The van der Waals surface area contributed by atoms with Gasteiger partial charge in [-0.2, -0.15) is 0 Å². The smallest absolute Gasteiger partial charge is 0.228 e. The van der Waals surface area contributed by atoms with Crippen molar-refractivity contribution >= 4 is 17.2 Å². The maximum atomic E-state index is 12.7. The van der Waals surface area contributed by atoms with Crippen molar-refractivity contribution in [2.75, 3.05) is 6.54 Å². The van der Waals surface area contributed by atoms with Gasteiger partial charge in [0, 0.05) is 30.4 Å². The third kappa shape index (κ3) is 4.15. The number of carbonyl (C=O) groups excluding carboxylic acids is 1. The molecule has 7 heteroatoms. The predicted molar refractivity (Wildman–Crippen MR) is 92.5 cm³/mol. The third-order valence-corrected chi connectivity index (χ3v) is 5.14. The molecule has 2 aromatic rings. The lowest BCUT2D eigenvalue weighted by Gasteiger charge is -2.36. The Labute approximate surface area is 145 Å². The quantitative estimate of drug-likeness (QED) is 0.898. The van der Waals surface area contributed by atoms with Crippen LogP contribution in [0.1, 0.15) is 38.3 Å². The third-order valence-electron chi connectivity index (χ3n) is 4.23. The van der Waals surface area contributed by atoms with Crippen molar-refractivity contribution in [2.24, 2.45) is 0 Å². The molecule has 3 rings (SSSR count). The first kappa shape index (κ1) is 17.0. The van der Waals surface area contributed by atoms with Crippen molar-refractivity contribution in [3.8, 4) is 10.7 Å². The molecule has 1 saturated heterocycles. The van der Waals surface area contributed by atoms with Crippen LogP contribution in [0.4, 0.5) is 0 Å². The number of hydrogen-bond donors (Lipinski definition) is 1. The average Bonchev–Trinajstić information content (AvgIpc) is 3.04. The van der Waals surface area contributed by atoms with E-state index in [9.17, 15) is 9.90 Å². The first-order valence-corrected chi connectivity index (χ1v) is 9.20. The van der Waals surface area contributed by atoms with E-state index in [0.717, 1.165) is 42.2 Å². The van der Waals surface area contributed by atoms with Gasteiger partial charge in [0.25, 0.3) is 0 Å². The summed E-state index contributed by atoms with van der Waals surface area (Å²) in [7, 11) is 0. The molecule has 3 heterocycles. The van der Waals surface area contributed by atoms with Gasteiger partial charge in [-0.15, -0.1) is 11.3 Å². The molecule has 0 unspecified atom stereocenters. The van der Waals surface area contributed by atoms with Crippen LogP contribution in [0.5, 0.6) is 0 Å². The van der Waals surface area contributed by atoms with Gasteiger partial charge in [-0.1, -0.05) is 0 Å². The van der Waals surface area contributed by atoms with Crippen molar-refractivity contribution in [1.82, 2.24) is 19.9 Å². The van der Waals surface area contributed by atoms with Crippen LogP contribution < -0.4 is 0 Å². The predicted octanol–water partition coefficient (Wildman–Crippen LogP) is 2.29.